The molecule has 0 bridgehead atoms. The van der Waals surface area contributed by atoms with Gasteiger partial charge in [0, 0.05) is 13.2 Å². The summed E-state index contributed by atoms with van der Waals surface area (Å²) in [6.45, 7) is 5.62. The summed E-state index contributed by atoms with van der Waals surface area (Å²) in [5, 5.41) is 4.23. The summed E-state index contributed by atoms with van der Waals surface area (Å²) >= 11 is 1.35. The van der Waals surface area contributed by atoms with E-state index in [1.807, 2.05) is 6.92 Å². The van der Waals surface area contributed by atoms with Crippen LogP contribution in [0.2, 0.25) is 0 Å². The lowest BCUT2D eigenvalue weighted by molar-refractivity contribution is 0.0531. The van der Waals surface area contributed by atoms with Gasteiger partial charge in [-0.15, -0.1) is 11.3 Å². The van der Waals surface area contributed by atoms with Crippen LogP contribution in [-0.2, 0) is 9.47 Å². The SMILES string of the molecule is CCOC(=O)c1sc2ncnc(NC[C@H]3CCCO3)c2c1C. The zero-order valence-corrected chi connectivity index (χ0v) is 13.5. The molecule has 1 aliphatic rings. The van der Waals surface area contributed by atoms with Gasteiger partial charge in [-0.25, -0.2) is 14.8 Å². The van der Waals surface area contributed by atoms with Crippen molar-refractivity contribution in [1.82, 2.24) is 9.97 Å². The predicted molar refractivity (Wildman–Crippen MR) is 85.6 cm³/mol. The Labute approximate surface area is 132 Å². The third-order valence-corrected chi connectivity index (χ3v) is 4.89. The Hall–Kier alpha value is -1.73. The van der Waals surface area contributed by atoms with Crippen molar-refractivity contribution in [2.75, 3.05) is 25.1 Å². The van der Waals surface area contributed by atoms with Gasteiger partial charge >= 0.3 is 5.97 Å². The molecule has 0 amide bonds. The second kappa shape index (κ2) is 6.58. The molecule has 0 aliphatic carbocycles. The first kappa shape index (κ1) is 15.2. The normalized spacial score (nSPS) is 17.8. The van der Waals surface area contributed by atoms with Gasteiger partial charge in [-0.2, -0.15) is 0 Å². The molecular formula is C15H19N3O3S. The Bertz CT molecular complexity index is 680. The highest BCUT2D eigenvalue weighted by molar-refractivity contribution is 7.20. The van der Waals surface area contributed by atoms with E-state index < -0.39 is 0 Å². The minimum absolute atomic E-state index is 0.230. The van der Waals surface area contributed by atoms with Crippen LogP contribution in [0, 0.1) is 6.92 Å². The molecule has 1 saturated heterocycles. The van der Waals surface area contributed by atoms with Crippen LogP contribution in [0.1, 0.15) is 35.0 Å². The molecule has 0 unspecified atom stereocenters. The van der Waals surface area contributed by atoms with E-state index in [0.29, 0.717) is 11.5 Å². The summed E-state index contributed by atoms with van der Waals surface area (Å²) in [7, 11) is 0. The van der Waals surface area contributed by atoms with E-state index in [0.717, 1.165) is 47.6 Å². The molecule has 0 aromatic carbocycles. The number of esters is 1. The molecule has 3 heterocycles. The number of carbonyl (C=O) groups excluding carboxylic acids is 1. The fourth-order valence-corrected chi connectivity index (χ4v) is 3.66. The van der Waals surface area contributed by atoms with Gasteiger partial charge in [0.25, 0.3) is 0 Å². The number of nitrogens with zero attached hydrogens (tertiary/aromatic N) is 2. The number of fused-ring (bicyclic) bond motifs is 1. The number of carbonyl (C=O) groups is 1. The van der Waals surface area contributed by atoms with Gasteiger partial charge in [-0.3, -0.25) is 0 Å². The van der Waals surface area contributed by atoms with Crippen molar-refractivity contribution in [3.8, 4) is 0 Å². The first-order valence-electron chi connectivity index (χ1n) is 7.47. The minimum Gasteiger partial charge on any atom is -0.462 e. The van der Waals surface area contributed by atoms with Crippen LogP contribution in [0.5, 0.6) is 0 Å². The molecule has 6 nitrogen and oxygen atoms in total. The summed E-state index contributed by atoms with van der Waals surface area (Å²) in [4.78, 5) is 22.0. The number of rotatable bonds is 5. The zero-order chi connectivity index (χ0) is 15.5. The van der Waals surface area contributed by atoms with Gasteiger partial charge < -0.3 is 14.8 Å². The largest absolute Gasteiger partial charge is 0.462 e. The second-order valence-electron chi connectivity index (χ2n) is 5.20. The molecule has 22 heavy (non-hydrogen) atoms. The summed E-state index contributed by atoms with van der Waals surface area (Å²) in [5.74, 6) is 0.456. The molecule has 1 fully saturated rings. The van der Waals surface area contributed by atoms with Crippen LogP contribution in [0.3, 0.4) is 0 Å². The lowest BCUT2D eigenvalue weighted by Crippen LogP contribution is -2.19. The first-order chi connectivity index (χ1) is 10.7. The van der Waals surface area contributed by atoms with Crippen LogP contribution in [0.25, 0.3) is 10.2 Å². The molecule has 0 saturated carbocycles. The quantitative estimate of drug-likeness (QED) is 0.854. The average molecular weight is 321 g/mol. The minimum atomic E-state index is -0.298. The van der Waals surface area contributed by atoms with Crippen molar-refractivity contribution >= 4 is 33.3 Å². The summed E-state index contributed by atoms with van der Waals surface area (Å²) in [6, 6.07) is 0. The van der Waals surface area contributed by atoms with Crippen molar-refractivity contribution in [2.24, 2.45) is 0 Å². The number of hydrogen-bond donors (Lipinski definition) is 1. The van der Waals surface area contributed by atoms with E-state index in [2.05, 4.69) is 15.3 Å². The maximum absolute atomic E-state index is 12.0. The number of ether oxygens (including phenoxy) is 2. The van der Waals surface area contributed by atoms with Crippen molar-refractivity contribution in [2.45, 2.75) is 32.8 Å². The number of nitrogens with one attached hydrogen (secondary N) is 1. The summed E-state index contributed by atoms with van der Waals surface area (Å²) in [5.41, 5.74) is 0.869. The molecule has 1 N–H and O–H groups in total. The fourth-order valence-electron chi connectivity index (χ4n) is 2.61. The number of aromatic nitrogens is 2. The monoisotopic (exact) mass is 321 g/mol. The zero-order valence-electron chi connectivity index (χ0n) is 12.7. The van der Waals surface area contributed by atoms with E-state index in [4.69, 9.17) is 9.47 Å². The van der Waals surface area contributed by atoms with Crippen molar-refractivity contribution < 1.29 is 14.3 Å². The number of anilines is 1. The van der Waals surface area contributed by atoms with Gasteiger partial charge in [0.2, 0.25) is 0 Å². The van der Waals surface area contributed by atoms with Gasteiger partial charge in [0.1, 0.15) is 21.9 Å². The summed E-state index contributed by atoms with van der Waals surface area (Å²) in [6.07, 6.45) is 3.92. The standard InChI is InChI=1S/C15H19N3O3S/c1-3-20-15(19)12-9(2)11-13(17-8-18-14(11)22-12)16-7-10-5-4-6-21-10/h8,10H,3-7H2,1-2H3,(H,16,17,18)/t10-/m1/s1. The van der Waals surface area contributed by atoms with E-state index in [1.165, 1.54) is 17.7 Å². The van der Waals surface area contributed by atoms with Crippen molar-refractivity contribution in [3.05, 3.63) is 16.8 Å². The van der Waals surface area contributed by atoms with Gasteiger partial charge in [0.15, 0.2) is 0 Å². The maximum Gasteiger partial charge on any atom is 0.348 e. The molecule has 1 aliphatic heterocycles. The summed E-state index contributed by atoms with van der Waals surface area (Å²) < 4.78 is 10.7. The second-order valence-corrected chi connectivity index (χ2v) is 6.19. The number of aryl methyl sites for hydroxylation is 1. The van der Waals surface area contributed by atoms with E-state index >= 15 is 0 Å². The third-order valence-electron chi connectivity index (χ3n) is 3.71. The molecule has 0 radical (unpaired) electrons. The highest BCUT2D eigenvalue weighted by Gasteiger charge is 2.21. The molecular weight excluding hydrogens is 302 g/mol. The van der Waals surface area contributed by atoms with Crippen LogP contribution in [0.4, 0.5) is 5.82 Å². The average Bonchev–Trinajstić information content (AvgIpc) is 3.14. The topological polar surface area (TPSA) is 73.3 Å². The molecule has 2 aromatic rings. The Balaban J connectivity index is 1.88. The highest BCUT2D eigenvalue weighted by Crippen LogP contribution is 2.33. The van der Waals surface area contributed by atoms with E-state index in [-0.39, 0.29) is 12.1 Å². The van der Waals surface area contributed by atoms with E-state index in [1.54, 1.807) is 6.92 Å². The van der Waals surface area contributed by atoms with Crippen LogP contribution in [-0.4, -0.2) is 41.8 Å². The highest BCUT2D eigenvalue weighted by atomic mass is 32.1. The van der Waals surface area contributed by atoms with Crippen LogP contribution in [0.15, 0.2) is 6.33 Å². The van der Waals surface area contributed by atoms with Crippen LogP contribution < -0.4 is 5.32 Å². The number of hydrogen-bond acceptors (Lipinski definition) is 7. The fraction of sp³-hybridized carbons (Fsp3) is 0.533. The smallest absolute Gasteiger partial charge is 0.348 e. The Morgan fingerprint density at radius 2 is 2.41 bits per heavy atom. The van der Waals surface area contributed by atoms with Crippen LogP contribution >= 0.6 is 11.3 Å². The van der Waals surface area contributed by atoms with Crippen molar-refractivity contribution in [3.63, 3.8) is 0 Å². The Morgan fingerprint density at radius 3 is 3.14 bits per heavy atom. The lowest BCUT2D eigenvalue weighted by atomic mass is 10.2. The Kier molecular flexibility index (Phi) is 4.54. The molecule has 7 heteroatoms. The first-order valence-corrected chi connectivity index (χ1v) is 8.29. The molecule has 1 atom stereocenters. The lowest BCUT2D eigenvalue weighted by Gasteiger charge is -2.12. The van der Waals surface area contributed by atoms with E-state index in [9.17, 15) is 4.79 Å². The predicted octanol–water partition coefficient (Wildman–Crippen LogP) is 2.77. The molecule has 118 valence electrons. The van der Waals surface area contributed by atoms with Gasteiger partial charge in [-0.1, -0.05) is 0 Å². The van der Waals surface area contributed by atoms with Gasteiger partial charge in [-0.05, 0) is 32.3 Å². The van der Waals surface area contributed by atoms with Crippen molar-refractivity contribution in [1.29, 1.82) is 0 Å². The Morgan fingerprint density at radius 1 is 1.55 bits per heavy atom. The maximum atomic E-state index is 12.0. The molecule has 2 aromatic heterocycles. The molecule has 3 rings (SSSR count). The number of thiophene rings is 1. The van der Waals surface area contributed by atoms with Gasteiger partial charge in [0.05, 0.1) is 18.1 Å². The molecule has 0 spiro atoms. The third kappa shape index (κ3) is 2.91.